The first-order valence-corrected chi connectivity index (χ1v) is 7.48. The van der Waals surface area contributed by atoms with E-state index in [1.807, 2.05) is 0 Å². The number of hydrogen-bond acceptors (Lipinski definition) is 7. The van der Waals surface area contributed by atoms with Crippen molar-refractivity contribution in [2.24, 2.45) is 0 Å². The number of nitrogens with zero attached hydrogens (tertiary/aromatic N) is 2. The monoisotopic (exact) mass is 347 g/mol. The normalized spacial score (nSPS) is 13.1. The molecule has 2 heterocycles. The molecule has 1 aromatic carbocycles. The Balaban J connectivity index is 2.23. The summed E-state index contributed by atoms with van der Waals surface area (Å²) in [5.74, 6) is -1.18. The summed E-state index contributed by atoms with van der Waals surface area (Å²) in [5, 5.41) is 23.4. The summed E-state index contributed by atoms with van der Waals surface area (Å²) in [7, 11) is 1.38. The van der Waals surface area contributed by atoms with Crippen molar-refractivity contribution in [1.29, 1.82) is 0 Å². The zero-order valence-electron chi connectivity index (χ0n) is 13.8. The van der Waals surface area contributed by atoms with E-state index in [-0.39, 0.29) is 40.0 Å². The number of ether oxygens (including phenoxy) is 2. The van der Waals surface area contributed by atoms with E-state index in [9.17, 15) is 19.8 Å². The first-order valence-electron chi connectivity index (χ1n) is 7.48. The number of carbonyl (C=O) groups excluding carboxylic acids is 2. The van der Waals surface area contributed by atoms with Crippen LogP contribution in [0.5, 0.6) is 11.5 Å². The Kier molecular flexibility index (Phi) is 4.09. The molecule has 0 aliphatic carbocycles. The average molecular weight is 347 g/mol. The Labute approximate surface area is 141 Å². The van der Waals surface area contributed by atoms with Crippen molar-refractivity contribution in [3.05, 3.63) is 10.7 Å². The van der Waals surface area contributed by atoms with Crippen molar-refractivity contribution in [3.63, 3.8) is 0 Å². The minimum Gasteiger partial charge on any atom is -0.505 e. The Hall–Kier alpha value is -3.07. The van der Waals surface area contributed by atoms with Gasteiger partial charge in [0.25, 0.3) is 0 Å². The van der Waals surface area contributed by atoms with E-state index in [0.717, 1.165) is 0 Å². The molecule has 0 unspecified atom stereocenters. The van der Waals surface area contributed by atoms with Crippen LogP contribution in [0, 0.1) is 0 Å². The number of imidazole rings is 1. The van der Waals surface area contributed by atoms with Gasteiger partial charge >= 0.3 is 5.97 Å². The number of phenols is 2. The summed E-state index contributed by atoms with van der Waals surface area (Å²) in [6.07, 6.45) is 0.411. The zero-order chi connectivity index (χ0) is 18.3. The van der Waals surface area contributed by atoms with Crippen molar-refractivity contribution in [2.45, 2.75) is 19.9 Å². The summed E-state index contributed by atoms with van der Waals surface area (Å²) < 4.78 is 11.6. The van der Waals surface area contributed by atoms with Crippen LogP contribution in [0.3, 0.4) is 0 Å². The van der Waals surface area contributed by atoms with Gasteiger partial charge in [0.05, 0.1) is 5.69 Å². The van der Waals surface area contributed by atoms with Gasteiger partial charge in [-0.05, 0) is 0 Å². The molecule has 0 spiro atoms. The topological polar surface area (TPSA) is 123 Å². The van der Waals surface area contributed by atoms with Crippen LogP contribution in [0.2, 0.25) is 0 Å². The fourth-order valence-electron chi connectivity index (χ4n) is 2.83. The fourth-order valence-corrected chi connectivity index (χ4v) is 2.83. The molecule has 3 N–H and O–H groups in total. The van der Waals surface area contributed by atoms with E-state index in [2.05, 4.69) is 16.9 Å². The maximum absolute atomic E-state index is 11.6. The Bertz CT molecular complexity index is 1010. The standard InChI is InChI=1S/C16H17N3O6/c1-7-11(17-8(2)20)15(23)12-13(14(7)22)19-5-4-9(16(19)18-12)25-10(21)6-24-3/h22-23H,1,4-6H2,2-3H3,(H,17,20). The summed E-state index contributed by atoms with van der Waals surface area (Å²) in [4.78, 5) is 27.2. The minimum absolute atomic E-state index is 0.00722. The van der Waals surface area contributed by atoms with Crippen LogP contribution in [-0.4, -0.2) is 45.4 Å². The van der Waals surface area contributed by atoms with Crippen molar-refractivity contribution < 1.29 is 29.3 Å². The average Bonchev–Trinajstić information content (AvgIpc) is 3.10. The van der Waals surface area contributed by atoms with Gasteiger partial charge < -0.3 is 29.6 Å². The van der Waals surface area contributed by atoms with Gasteiger partial charge in [0.15, 0.2) is 22.7 Å². The lowest BCUT2D eigenvalue weighted by Crippen LogP contribution is -2.18. The summed E-state index contributed by atoms with van der Waals surface area (Å²) in [6.45, 7) is 5.19. The number of rotatable bonds is 4. The van der Waals surface area contributed by atoms with Crippen LogP contribution in [0.25, 0.3) is 23.4 Å². The lowest BCUT2D eigenvalue weighted by Gasteiger charge is -2.10. The molecule has 9 nitrogen and oxygen atoms in total. The van der Waals surface area contributed by atoms with Crippen LogP contribution in [-0.2, 0) is 25.6 Å². The van der Waals surface area contributed by atoms with Gasteiger partial charge in [0.2, 0.25) is 5.91 Å². The molecular formula is C16H17N3O6. The SMILES string of the molecule is C=c1c(NC(C)=O)c(O)c2nc3n(c2c1O)CCC=3OC(=O)COC. The molecule has 0 radical (unpaired) electrons. The second kappa shape index (κ2) is 6.10. The van der Waals surface area contributed by atoms with Crippen molar-refractivity contribution >= 4 is 40.9 Å². The van der Waals surface area contributed by atoms with Gasteiger partial charge in [-0.2, -0.15) is 0 Å². The largest absolute Gasteiger partial charge is 0.505 e. The summed E-state index contributed by atoms with van der Waals surface area (Å²) in [6, 6.07) is 0. The van der Waals surface area contributed by atoms with E-state index in [0.29, 0.717) is 24.2 Å². The molecule has 9 heteroatoms. The maximum Gasteiger partial charge on any atom is 0.337 e. The van der Waals surface area contributed by atoms with E-state index < -0.39 is 11.9 Å². The molecule has 3 rings (SSSR count). The Morgan fingerprint density at radius 3 is 2.72 bits per heavy atom. The van der Waals surface area contributed by atoms with Gasteiger partial charge in [-0.3, -0.25) is 4.79 Å². The van der Waals surface area contributed by atoms with Crippen LogP contribution >= 0.6 is 0 Å². The van der Waals surface area contributed by atoms with Gasteiger partial charge in [0.1, 0.15) is 17.6 Å². The molecule has 1 aliphatic rings. The number of hydrogen-bond donors (Lipinski definition) is 3. The number of esters is 1. The quantitative estimate of drug-likeness (QED) is 0.388. The first-order chi connectivity index (χ1) is 11.8. The number of nitrogens with one attached hydrogen (secondary N) is 1. The number of fused-ring (bicyclic) bond motifs is 3. The number of anilines is 1. The Morgan fingerprint density at radius 1 is 1.36 bits per heavy atom. The van der Waals surface area contributed by atoms with Crippen LogP contribution in [0.4, 0.5) is 5.69 Å². The van der Waals surface area contributed by atoms with E-state index in [1.165, 1.54) is 14.0 Å². The van der Waals surface area contributed by atoms with Gasteiger partial charge in [-0.15, -0.1) is 0 Å². The number of aryl methyl sites for hydroxylation is 1. The number of carbonyl (C=O) groups is 2. The third-order valence-electron chi connectivity index (χ3n) is 3.85. The van der Waals surface area contributed by atoms with Gasteiger partial charge in [-0.1, -0.05) is 6.58 Å². The molecule has 0 atom stereocenters. The van der Waals surface area contributed by atoms with E-state index >= 15 is 0 Å². The maximum atomic E-state index is 11.6. The number of amides is 1. The van der Waals surface area contributed by atoms with Crippen LogP contribution in [0.15, 0.2) is 0 Å². The molecule has 0 bridgehead atoms. The lowest BCUT2D eigenvalue weighted by atomic mass is 10.2. The predicted octanol–water partition coefficient (Wildman–Crippen LogP) is -0.482. The third kappa shape index (κ3) is 2.68. The molecular weight excluding hydrogens is 330 g/mol. The van der Waals surface area contributed by atoms with Crippen LogP contribution in [0.1, 0.15) is 13.3 Å². The highest BCUT2D eigenvalue weighted by Gasteiger charge is 2.26. The number of benzene rings is 1. The smallest absolute Gasteiger partial charge is 0.337 e. The molecule has 0 saturated heterocycles. The van der Waals surface area contributed by atoms with Crippen molar-refractivity contribution in [3.8, 4) is 11.5 Å². The molecule has 2 aromatic rings. The fraction of sp³-hybridized carbons (Fsp3) is 0.312. The summed E-state index contributed by atoms with van der Waals surface area (Å²) >= 11 is 0. The summed E-state index contributed by atoms with van der Waals surface area (Å²) in [5.41, 5.74) is 0.671. The highest BCUT2D eigenvalue weighted by atomic mass is 16.6. The van der Waals surface area contributed by atoms with Crippen molar-refractivity contribution in [1.82, 2.24) is 9.55 Å². The molecule has 1 amide bonds. The first kappa shape index (κ1) is 16.8. The molecule has 25 heavy (non-hydrogen) atoms. The number of aromatic hydroxyl groups is 2. The third-order valence-corrected chi connectivity index (χ3v) is 3.85. The minimum atomic E-state index is -0.566. The second-order valence-electron chi connectivity index (χ2n) is 5.60. The molecule has 1 aliphatic heterocycles. The van der Waals surface area contributed by atoms with Gasteiger partial charge in [0, 0.05) is 32.2 Å². The van der Waals surface area contributed by atoms with Crippen LogP contribution < -0.4 is 16.0 Å². The molecule has 0 saturated carbocycles. The second-order valence-corrected chi connectivity index (χ2v) is 5.60. The molecule has 0 fully saturated rings. The molecule has 132 valence electrons. The van der Waals surface area contributed by atoms with E-state index in [4.69, 9.17) is 9.47 Å². The number of aromatic nitrogens is 2. The van der Waals surface area contributed by atoms with Gasteiger partial charge in [-0.25, -0.2) is 9.78 Å². The number of methoxy groups -OCH3 is 1. The Morgan fingerprint density at radius 2 is 2.08 bits per heavy atom. The lowest BCUT2D eigenvalue weighted by molar-refractivity contribution is -0.141. The van der Waals surface area contributed by atoms with E-state index in [1.54, 1.807) is 4.57 Å². The highest BCUT2D eigenvalue weighted by Crippen LogP contribution is 2.34. The highest BCUT2D eigenvalue weighted by molar-refractivity contribution is 5.99. The predicted molar refractivity (Wildman–Crippen MR) is 88.1 cm³/mol. The zero-order valence-corrected chi connectivity index (χ0v) is 13.8. The van der Waals surface area contributed by atoms with Crippen molar-refractivity contribution in [2.75, 3.05) is 19.0 Å². The molecule has 1 aromatic heterocycles. The number of phenolic OH excluding ortho intramolecular Hbond substituents is 2.